The number of fused-ring (bicyclic) bond motifs is 1. The molecule has 2 aromatic heterocycles. The van der Waals surface area contributed by atoms with E-state index in [1.54, 1.807) is 17.8 Å². The average Bonchev–Trinajstić information content (AvgIpc) is 2.62. The highest BCUT2D eigenvalue weighted by atomic mass is 32.2. The number of rotatable bonds is 5. The van der Waals surface area contributed by atoms with Crippen LogP contribution >= 0.6 is 11.8 Å². The molecule has 0 saturated heterocycles. The summed E-state index contributed by atoms with van der Waals surface area (Å²) < 4.78 is 1.55. The first-order valence-electron chi connectivity index (χ1n) is 7.40. The van der Waals surface area contributed by atoms with Crippen molar-refractivity contribution in [2.24, 2.45) is 7.05 Å². The number of benzene rings is 1. The molecule has 0 fully saturated rings. The highest BCUT2D eigenvalue weighted by Gasteiger charge is 2.11. The minimum absolute atomic E-state index is 0.132. The van der Waals surface area contributed by atoms with Gasteiger partial charge in [0.2, 0.25) is 5.91 Å². The van der Waals surface area contributed by atoms with Crippen LogP contribution in [0.4, 0.5) is 0 Å². The number of carbonyl (C=O) groups is 1. The van der Waals surface area contributed by atoms with Gasteiger partial charge < -0.3 is 9.88 Å². The molecule has 1 amide bonds. The second kappa shape index (κ2) is 7.27. The zero-order valence-electron chi connectivity index (χ0n) is 13.1. The topological polar surface area (TPSA) is 76.9 Å². The van der Waals surface area contributed by atoms with Crippen LogP contribution in [0.2, 0.25) is 0 Å². The van der Waals surface area contributed by atoms with Crippen molar-refractivity contribution in [3.05, 3.63) is 64.7 Å². The van der Waals surface area contributed by atoms with Crippen molar-refractivity contribution in [3.63, 3.8) is 0 Å². The normalized spacial score (nSPS) is 10.7. The van der Waals surface area contributed by atoms with E-state index in [2.05, 4.69) is 15.3 Å². The highest BCUT2D eigenvalue weighted by Crippen LogP contribution is 2.15. The maximum atomic E-state index is 12.3. The molecule has 0 spiro atoms. The number of nitrogens with zero attached hydrogens (tertiary/aromatic N) is 3. The summed E-state index contributed by atoms with van der Waals surface area (Å²) in [6.45, 7) is 0.364. The Bertz CT molecular complexity index is 925. The van der Waals surface area contributed by atoms with Crippen LogP contribution in [0.15, 0.2) is 58.5 Å². The number of aryl methyl sites for hydroxylation is 1. The zero-order valence-corrected chi connectivity index (χ0v) is 13.9. The second-order valence-electron chi connectivity index (χ2n) is 5.16. The highest BCUT2D eigenvalue weighted by molar-refractivity contribution is 7.99. The number of thioether (sulfide) groups is 1. The predicted molar refractivity (Wildman–Crippen MR) is 93.8 cm³/mol. The van der Waals surface area contributed by atoms with E-state index in [9.17, 15) is 9.59 Å². The van der Waals surface area contributed by atoms with Gasteiger partial charge in [0.1, 0.15) is 0 Å². The van der Waals surface area contributed by atoms with E-state index < -0.39 is 0 Å². The van der Waals surface area contributed by atoms with E-state index in [0.29, 0.717) is 11.6 Å². The standard InChI is InChI=1S/C17H16N4O2S/c1-21-14-8-3-2-7-13(14)20-16(17(21)23)24-11-15(22)19-10-12-6-4-5-9-18-12/h2-9H,10-11H2,1H3,(H,19,22). The Morgan fingerprint density at radius 1 is 1.21 bits per heavy atom. The van der Waals surface area contributed by atoms with Gasteiger partial charge in [0.25, 0.3) is 5.56 Å². The van der Waals surface area contributed by atoms with Crippen molar-refractivity contribution in [2.45, 2.75) is 11.6 Å². The lowest BCUT2D eigenvalue weighted by molar-refractivity contribution is -0.118. The van der Waals surface area contributed by atoms with Gasteiger partial charge in [-0.05, 0) is 24.3 Å². The van der Waals surface area contributed by atoms with Crippen LogP contribution in [0.1, 0.15) is 5.69 Å². The minimum Gasteiger partial charge on any atom is -0.350 e. The summed E-state index contributed by atoms with van der Waals surface area (Å²) >= 11 is 1.14. The monoisotopic (exact) mass is 340 g/mol. The van der Waals surface area contributed by atoms with Crippen molar-refractivity contribution in [1.82, 2.24) is 19.9 Å². The molecule has 24 heavy (non-hydrogen) atoms. The predicted octanol–water partition coefficient (Wildman–Crippen LogP) is 1.74. The van der Waals surface area contributed by atoms with Crippen molar-refractivity contribution >= 4 is 28.7 Å². The molecule has 0 aliphatic heterocycles. The van der Waals surface area contributed by atoms with Gasteiger partial charge in [0, 0.05) is 13.2 Å². The Labute approximate surface area is 142 Å². The van der Waals surface area contributed by atoms with E-state index in [-0.39, 0.29) is 17.2 Å². The molecule has 0 atom stereocenters. The number of hydrogen-bond acceptors (Lipinski definition) is 5. The fraction of sp³-hybridized carbons (Fsp3) is 0.176. The quantitative estimate of drug-likeness (QED) is 0.716. The molecule has 0 radical (unpaired) electrons. The Morgan fingerprint density at radius 3 is 2.79 bits per heavy atom. The molecule has 122 valence electrons. The summed E-state index contributed by atoms with van der Waals surface area (Å²) in [5.41, 5.74) is 2.09. The first-order valence-corrected chi connectivity index (χ1v) is 8.39. The molecule has 0 bridgehead atoms. The van der Waals surface area contributed by atoms with Gasteiger partial charge in [-0.15, -0.1) is 0 Å². The minimum atomic E-state index is -0.198. The van der Waals surface area contributed by atoms with E-state index in [4.69, 9.17) is 0 Å². The third kappa shape index (κ3) is 3.62. The molecular weight excluding hydrogens is 324 g/mol. The number of hydrogen-bond donors (Lipinski definition) is 1. The van der Waals surface area contributed by atoms with E-state index >= 15 is 0 Å². The van der Waals surface area contributed by atoms with Crippen LogP contribution in [0, 0.1) is 0 Å². The maximum Gasteiger partial charge on any atom is 0.283 e. The molecule has 0 unspecified atom stereocenters. The van der Waals surface area contributed by atoms with Gasteiger partial charge in [0.15, 0.2) is 5.03 Å². The first-order chi connectivity index (χ1) is 11.6. The SMILES string of the molecule is Cn1c(=O)c(SCC(=O)NCc2ccccn2)nc2ccccc21. The summed E-state index contributed by atoms with van der Waals surface area (Å²) in [7, 11) is 1.71. The molecule has 2 heterocycles. The molecule has 7 heteroatoms. The molecule has 3 rings (SSSR count). The van der Waals surface area contributed by atoms with Crippen molar-refractivity contribution in [2.75, 3.05) is 5.75 Å². The Hall–Kier alpha value is -2.67. The van der Waals surface area contributed by atoms with Gasteiger partial charge >= 0.3 is 0 Å². The van der Waals surface area contributed by atoms with E-state index in [1.165, 1.54) is 0 Å². The first kappa shape index (κ1) is 16.2. The number of nitrogens with one attached hydrogen (secondary N) is 1. The molecule has 0 aliphatic carbocycles. The molecule has 0 saturated carbocycles. The van der Waals surface area contributed by atoms with Gasteiger partial charge in [-0.25, -0.2) is 4.98 Å². The lowest BCUT2D eigenvalue weighted by atomic mass is 10.3. The van der Waals surface area contributed by atoms with Crippen LogP contribution in [-0.4, -0.2) is 26.2 Å². The zero-order chi connectivity index (χ0) is 16.9. The summed E-state index contributed by atoms with van der Waals surface area (Å²) in [5, 5.41) is 3.10. The van der Waals surface area contributed by atoms with Crippen LogP contribution in [0.3, 0.4) is 0 Å². The van der Waals surface area contributed by atoms with Crippen LogP contribution in [0.25, 0.3) is 11.0 Å². The van der Waals surface area contributed by atoms with Gasteiger partial charge in [-0.2, -0.15) is 0 Å². The number of para-hydroxylation sites is 2. The molecular formula is C17H16N4O2S. The summed E-state index contributed by atoms with van der Waals surface area (Å²) in [6.07, 6.45) is 1.68. The third-order valence-electron chi connectivity index (χ3n) is 3.49. The van der Waals surface area contributed by atoms with Gasteiger partial charge in [0.05, 0.1) is 29.0 Å². The Morgan fingerprint density at radius 2 is 2.00 bits per heavy atom. The van der Waals surface area contributed by atoms with Crippen molar-refractivity contribution in [1.29, 1.82) is 0 Å². The molecule has 0 aliphatic rings. The smallest absolute Gasteiger partial charge is 0.283 e. The number of aromatic nitrogens is 3. The van der Waals surface area contributed by atoms with Crippen LogP contribution in [-0.2, 0) is 18.4 Å². The largest absolute Gasteiger partial charge is 0.350 e. The van der Waals surface area contributed by atoms with Gasteiger partial charge in [-0.3, -0.25) is 14.6 Å². The average molecular weight is 340 g/mol. The number of pyridine rings is 1. The molecule has 6 nitrogen and oxygen atoms in total. The van der Waals surface area contributed by atoms with Crippen molar-refractivity contribution in [3.8, 4) is 0 Å². The van der Waals surface area contributed by atoms with E-state index in [0.717, 1.165) is 28.5 Å². The number of carbonyl (C=O) groups excluding carboxylic acids is 1. The fourth-order valence-corrected chi connectivity index (χ4v) is 3.02. The van der Waals surface area contributed by atoms with Crippen molar-refractivity contribution < 1.29 is 4.79 Å². The Kier molecular flexibility index (Phi) is 4.90. The molecule has 1 N–H and O–H groups in total. The van der Waals surface area contributed by atoms with Crippen LogP contribution in [0.5, 0.6) is 0 Å². The lowest BCUT2D eigenvalue weighted by Crippen LogP contribution is -2.26. The molecule has 3 aromatic rings. The summed E-state index contributed by atoms with van der Waals surface area (Å²) in [4.78, 5) is 32.8. The van der Waals surface area contributed by atoms with Gasteiger partial charge in [-0.1, -0.05) is 30.0 Å². The summed E-state index contributed by atoms with van der Waals surface area (Å²) in [5.74, 6) is -0.0318. The summed E-state index contributed by atoms with van der Waals surface area (Å²) in [6, 6.07) is 13.0. The molecule has 1 aromatic carbocycles. The maximum absolute atomic E-state index is 12.3. The third-order valence-corrected chi connectivity index (χ3v) is 4.43. The fourth-order valence-electron chi connectivity index (χ4n) is 2.22. The second-order valence-corrected chi connectivity index (χ2v) is 6.12. The van der Waals surface area contributed by atoms with Crippen LogP contribution < -0.4 is 10.9 Å². The lowest BCUT2D eigenvalue weighted by Gasteiger charge is -2.08. The Balaban J connectivity index is 1.66. The van der Waals surface area contributed by atoms with E-state index in [1.807, 2.05) is 42.5 Å². The number of amides is 1.